The molecule has 0 radical (unpaired) electrons. The predicted molar refractivity (Wildman–Crippen MR) is 107 cm³/mol. The highest BCUT2D eigenvalue weighted by Gasteiger charge is 2.14. The molecule has 0 bridgehead atoms. The van der Waals surface area contributed by atoms with Gasteiger partial charge in [-0.3, -0.25) is 0 Å². The molecule has 2 aromatic heterocycles. The minimum atomic E-state index is -1.14. The molecule has 3 rings (SSSR count). The maximum Gasteiger partial charge on any atom is 0.160 e. The molecule has 6 nitrogen and oxygen atoms in total. The Bertz CT molecular complexity index is 972. The SMILES string of the molecule is C[Si](C)(C)CCOCn1ncc2cc(OCc3c(F)ccc(N)c3F)cnc21. The second kappa shape index (κ2) is 8.23. The molecule has 2 N–H and O–H groups in total. The Morgan fingerprint density at radius 1 is 1.18 bits per heavy atom. The Hall–Kier alpha value is -2.52. The number of nitrogens with zero attached hydrogens (tertiary/aromatic N) is 3. The van der Waals surface area contributed by atoms with Crippen LogP contribution in [-0.4, -0.2) is 29.4 Å². The van der Waals surface area contributed by atoms with Gasteiger partial charge in [-0.15, -0.1) is 0 Å². The highest BCUT2D eigenvalue weighted by molar-refractivity contribution is 6.76. The van der Waals surface area contributed by atoms with Crippen molar-refractivity contribution in [2.75, 3.05) is 12.3 Å². The summed E-state index contributed by atoms with van der Waals surface area (Å²) in [6, 6.07) is 5.09. The van der Waals surface area contributed by atoms with Crippen LogP contribution in [0.3, 0.4) is 0 Å². The number of nitrogens with two attached hydrogens (primary N) is 1. The highest BCUT2D eigenvalue weighted by Crippen LogP contribution is 2.23. The molecule has 2 heterocycles. The van der Waals surface area contributed by atoms with Gasteiger partial charge in [-0.05, 0) is 24.2 Å². The number of anilines is 1. The molecule has 0 aliphatic rings. The smallest absolute Gasteiger partial charge is 0.160 e. The van der Waals surface area contributed by atoms with Crippen molar-refractivity contribution in [3.8, 4) is 5.75 Å². The Morgan fingerprint density at radius 3 is 2.71 bits per heavy atom. The zero-order valence-corrected chi connectivity index (χ0v) is 17.2. The molecule has 0 spiro atoms. The number of hydrogen-bond donors (Lipinski definition) is 1. The van der Waals surface area contributed by atoms with E-state index in [1.165, 1.54) is 12.3 Å². The number of fused-ring (bicyclic) bond motifs is 1. The fourth-order valence-corrected chi connectivity index (χ4v) is 3.31. The average molecular weight is 407 g/mol. The van der Waals surface area contributed by atoms with Crippen molar-refractivity contribution >= 4 is 24.8 Å². The Labute approximate surface area is 163 Å². The summed E-state index contributed by atoms with van der Waals surface area (Å²) >= 11 is 0. The van der Waals surface area contributed by atoms with Gasteiger partial charge in [-0.2, -0.15) is 5.10 Å². The zero-order valence-electron chi connectivity index (χ0n) is 16.2. The summed E-state index contributed by atoms with van der Waals surface area (Å²) in [5.74, 6) is -1.13. The second-order valence-corrected chi connectivity index (χ2v) is 13.4. The lowest BCUT2D eigenvalue weighted by Crippen LogP contribution is -2.22. The van der Waals surface area contributed by atoms with Crippen LogP contribution in [0.5, 0.6) is 5.75 Å². The number of rotatable bonds is 8. The van der Waals surface area contributed by atoms with Gasteiger partial charge >= 0.3 is 0 Å². The predicted octanol–water partition coefficient (Wildman–Crippen LogP) is 4.18. The summed E-state index contributed by atoms with van der Waals surface area (Å²) in [5.41, 5.74) is 5.80. The average Bonchev–Trinajstić information content (AvgIpc) is 3.03. The van der Waals surface area contributed by atoms with Gasteiger partial charge in [-0.25, -0.2) is 18.4 Å². The highest BCUT2D eigenvalue weighted by atomic mass is 28.3. The lowest BCUT2D eigenvalue weighted by Gasteiger charge is -2.15. The lowest BCUT2D eigenvalue weighted by molar-refractivity contribution is 0.0813. The van der Waals surface area contributed by atoms with E-state index in [1.807, 2.05) is 0 Å². The summed E-state index contributed by atoms with van der Waals surface area (Å²) in [6.45, 7) is 7.61. The third kappa shape index (κ3) is 4.85. The van der Waals surface area contributed by atoms with Crippen LogP contribution in [0.4, 0.5) is 14.5 Å². The molecule has 0 unspecified atom stereocenters. The van der Waals surface area contributed by atoms with Crippen molar-refractivity contribution in [2.24, 2.45) is 0 Å². The number of pyridine rings is 1. The molecule has 0 atom stereocenters. The fraction of sp³-hybridized carbons (Fsp3) is 0.368. The summed E-state index contributed by atoms with van der Waals surface area (Å²) in [5, 5.41) is 5.03. The standard InChI is InChI=1S/C19H24F2N4O2Si/c1-28(2,3)7-6-26-12-25-19-13(9-24-25)8-14(10-23-19)27-11-15-16(20)4-5-17(22)18(15)21/h4-5,8-10H,6-7,11-12,22H2,1-3H3. The van der Waals surface area contributed by atoms with Gasteiger partial charge in [0.15, 0.2) is 11.5 Å². The Balaban J connectivity index is 1.65. The second-order valence-electron chi connectivity index (χ2n) is 7.79. The minimum absolute atomic E-state index is 0.121. The van der Waals surface area contributed by atoms with Crippen LogP contribution >= 0.6 is 0 Å². The molecule has 9 heteroatoms. The lowest BCUT2D eigenvalue weighted by atomic mass is 10.2. The van der Waals surface area contributed by atoms with Crippen molar-refractivity contribution in [3.63, 3.8) is 0 Å². The van der Waals surface area contributed by atoms with Crippen LogP contribution in [0.2, 0.25) is 25.7 Å². The number of benzene rings is 1. The molecule has 0 fully saturated rings. The summed E-state index contributed by atoms with van der Waals surface area (Å²) in [4.78, 5) is 4.34. The molecule has 0 aliphatic carbocycles. The van der Waals surface area contributed by atoms with E-state index in [0.29, 0.717) is 24.7 Å². The zero-order chi connectivity index (χ0) is 20.3. The Kier molecular flexibility index (Phi) is 5.95. The fourth-order valence-electron chi connectivity index (χ4n) is 2.56. The largest absolute Gasteiger partial charge is 0.487 e. The third-order valence-electron chi connectivity index (χ3n) is 4.26. The first kappa shape index (κ1) is 20.2. The van der Waals surface area contributed by atoms with Gasteiger partial charge in [0.1, 0.15) is 24.9 Å². The Morgan fingerprint density at radius 2 is 1.96 bits per heavy atom. The maximum absolute atomic E-state index is 14.0. The number of halogens is 2. The van der Waals surface area contributed by atoms with Crippen molar-refractivity contribution < 1.29 is 18.3 Å². The molecule has 1 aromatic carbocycles. The van der Waals surface area contributed by atoms with Crippen LogP contribution in [0, 0.1) is 11.6 Å². The van der Waals surface area contributed by atoms with Crippen molar-refractivity contribution in [1.29, 1.82) is 0 Å². The molecular weight excluding hydrogens is 382 g/mol. The quantitative estimate of drug-likeness (QED) is 0.345. The van der Waals surface area contributed by atoms with Gasteiger partial charge in [-0.1, -0.05) is 19.6 Å². The van der Waals surface area contributed by atoms with E-state index >= 15 is 0 Å². The van der Waals surface area contributed by atoms with Crippen molar-refractivity contribution in [3.05, 3.63) is 47.8 Å². The molecular formula is C19H24F2N4O2Si. The van der Waals surface area contributed by atoms with E-state index in [4.69, 9.17) is 15.2 Å². The molecule has 0 aliphatic heterocycles. The molecule has 0 amide bonds. The van der Waals surface area contributed by atoms with E-state index in [1.54, 1.807) is 16.9 Å². The first-order valence-electron chi connectivity index (χ1n) is 8.99. The van der Waals surface area contributed by atoms with E-state index in [9.17, 15) is 8.78 Å². The van der Waals surface area contributed by atoms with E-state index in [-0.39, 0.29) is 17.9 Å². The van der Waals surface area contributed by atoms with E-state index in [0.717, 1.165) is 17.5 Å². The van der Waals surface area contributed by atoms with Crippen LogP contribution in [-0.2, 0) is 18.1 Å². The van der Waals surface area contributed by atoms with Gasteiger partial charge in [0.2, 0.25) is 0 Å². The number of ether oxygens (including phenoxy) is 2. The van der Waals surface area contributed by atoms with Crippen molar-refractivity contribution in [2.45, 2.75) is 39.0 Å². The van der Waals surface area contributed by atoms with Crippen LogP contribution in [0.25, 0.3) is 11.0 Å². The number of aromatic nitrogens is 3. The van der Waals surface area contributed by atoms with Gasteiger partial charge in [0, 0.05) is 20.1 Å². The van der Waals surface area contributed by atoms with Crippen LogP contribution in [0.1, 0.15) is 5.56 Å². The van der Waals surface area contributed by atoms with E-state index < -0.39 is 19.7 Å². The monoisotopic (exact) mass is 406 g/mol. The summed E-state index contributed by atoms with van der Waals surface area (Å²) in [7, 11) is -1.14. The first-order valence-corrected chi connectivity index (χ1v) is 12.7. The summed E-state index contributed by atoms with van der Waals surface area (Å²) < 4.78 is 40.6. The molecule has 28 heavy (non-hydrogen) atoms. The number of nitrogen functional groups attached to an aromatic ring is 1. The van der Waals surface area contributed by atoms with Crippen LogP contribution < -0.4 is 10.5 Å². The van der Waals surface area contributed by atoms with Crippen LogP contribution in [0.15, 0.2) is 30.6 Å². The number of hydrogen-bond acceptors (Lipinski definition) is 5. The topological polar surface area (TPSA) is 75.2 Å². The van der Waals surface area contributed by atoms with E-state index in [2.05, 4.69) is 29.7 Å². The molecule has 150 valence electrons. The van der Waals surface area contributed by atoms with Gasteiger partial charge < -0.3 is 15.2 Å². The molecule has 0 saturated carbocycles. The minimum Gasteiger partial charge on any atom is -0.487 e. The molecule has 3 aromatic rings. The maximum atomic E-state index is 14.0. The third-order valence-corrected chi connectivity index (χ3v) is 5.96. The normalized spacial score (nSPS) is 11.9. The van der Waals surface area contributed by atoms with Gasteiger partial charge in [0.05, 0.1) is 23.6 Å². The van der Waals surface area contributed by atoms with Crippen molar-refractivity contribution in [1.82, 2.24) is 14.8 Å². The van der Waals surface area contributed by atoms with Gasteiger partial charge in [0.25, 0.3) is 0 Å². The summed E-state index contributed by atoms with van der Waals surface area (Å²) in [6.07, 6.45) is 3.14. The first-order chi connectivity index (χ1) is 13.2. The molecule has 0 saturated heterocycles.